The van der Waals surface area contributed by atoms with Crippen molar-refractivity contribution in [1.29, 1.82) is 0 Å². The maximum atomic E-state index is 5.71. The zero-order valence-electron chi connectivity index (χ0n) is 18.9. The van der Waals surface area contributed by atoms with E-state index in [-0.39, 0.29) is 0 Å². The summed E-state index contributed by atoms with van der Waals surface area (Å²) >= 11 is 0. The van der Waals surface area contributed by atoms with Gasteiger partial charge in [-0.1, -0.05) is 66.7 Å². The van der Waals surface area contributed by atoms with Gasteiger partial charge in [-0.15, -0.1) is 0 Å². The summed E-state index contributed by atoms with van der Waals surface area (Å²) in [6.07, 6.45) is 3.83. The van der Waals surface area contributed by atoms with E-state index in [1.807, 2.05) is 18.5 Å². The van der Waals surface area contributed by atoms with E-state index in [1.54, 1.807) is 0 Å². The zero-order chi connectivity index (χ0) is 22.6. The lowest BCUT2D eigenvalue weighted by Crippen LogP contribution is -2.09. The summed E-state index contributed by atoms with van der Waals surface area (Å²) in [6.45, 7) is 4.70. The maximum Gasteiger partial charge on any atom is 0.0718 e. The van der Waals surface area contributed by atoms with E-state index in [1.165, 1.54) is 11.1 Å². The molecule has 0 saturated heterocycles. The van der Waals surface area contributed by atoms with E-state index in [0.29, 0.717) is 52.7 Å². The van der Waals surface area contributed by atoms with Crippen molar-refractivity contribution in [2.45, 2.75) is 26.3 Å². The summed E-state index contributed by atoms with van der Waals surface area (Å²) < 4.78 is 17.0. The molecule has 5 nitrogen and oxygen atoms in total. The van der Waals surface area contributed by atoms with Crippen LogP contribution >= 0.6 is 0 Å². The predicted molar refractivity (Wildman–Crippen MR) is 132 cm³/mol. The molecule has 5 heteroatoms. The Balaban J connectivity index is 1.42. The first kappa shape index (κ1) is 23.1. The summed E-state index contributed by atoms with van der Waals surface area (Å²) in [7, 11) is 0. The van der Waals surface area contributed by atoms with Gasteiger partial charge in [0.15, 0.2) is 0 Å². The van der Waals surface area contributed by atoms with Crippen molar-refractivity contribution >= 4 is 12.4 Å². The van der Waals surface area contributed by atoms with Crippen LogP contribution in [0.2, 0.25) is 0 Å². The number of aliphatic imine (C=N–C) groups is 2. The zero-order valence-corrected chi connectivity index (χ0v) is 18.9. The molecule has 4 aliphatic heterocycles. The number of ether oxygens (including phenoxy) is 3. The molecular weight excluding hydrogens is 412 g/mol. The molecule has 0 aromatic heterocycles. The van der Waals surface area contributed by atoms with Crippen molar-refractivity contribution in [3.05, 3.63) is 106 Å². The quantitative estimate of drug-likeness (QED) is 0.493. The molecule has 0 unspecified atom stereocenters. The van der Waals surface area contributed by atoms with Crippen LogP contribution in [0.1, 0.15) is 33.4 Å². The molecule has 3 aromatic carbocycles. The lowest BCUT2D eigenvalue weighted by Gasteiger charge is -2.08. The van der Waals surface area contributed by atoms with Gasteiger partial charge in [0.05, 0.1) is 52.7 Å². The molecule has 0 N–H and O–H groups in total. The Morgan fingerprint density at radius 2 is 0.909 bits per heavy atom. The van der Waals surface area contributed by atoms with Gasteiger partial charge in [-0.2, -0.15) is 0 Å². The first-order valence-corrected chi connectivity index (χ1v) is 11.3. The third kappa shape index (κ3) is 8.06. The smallest absolute Gasteiger partial charge is 0.0718 e. The van der Waals surface area contributed by atoms with Crippen LogP contribution in [0, 0.1) is 0 Å². The van der Waals surface area contributed by atoms with Gasteiger partial charge in [-0.25, -0.2) is 0 Å². The normalized spacial score (nSPS) is 18.1. The van der Waals surface area contributed by atoms with Crippen LogP contribution in [-0.4, -0.2) is 38.9 Å². The Bertz CT molecular complexity index is 963. The van der Waals surface area contributed by atoms with Crippen molar-refractivity contribution in [3.8, 4) is 0 Å². The molecule has 0 fully saturated rings. The minimum absolute atomic E-state index is 0.562. The van der Waals surface area contributed by atoms with Gasteiger partial charge >= 0.3 is 0 Å². The number of benzene rings is 3. The number of rotatable bonds is 0. The third-order valence-corrected chi connectivity index (χ3v) is 5.27. The highest BCUT2D eigenvalue weighted by molar-refractivity contribution is 5.86. The highest BCUT2D eigenvalue weighted by Gasteiger charge is 1.99. The average molecular weight is 443 g/mol. The van der Waals surface area contributed by atoms with Gasteiger partial charge in [0.1, 0.15) is 0 Å². The van der Waals surface area contributed by atoms with Crippen LogP contribution in [0.25, 0.3) is 0 Å². The maximum absolute atomic E-state index is 5.71. The van der Waals surface area contributed by atoms with Crippen LogP contribution in [0.3, 0.4) is 0 Å². The van der Waals surface area contributed by atoms with Crippen LogP contribution in [-0.2, 0) is 40.5 Å². The third-order valence-electron chi connectivity index (χ3n) is 5.27. The molecule has 0 radical (unpaired) electrons. The van der Waals surface area contributed by atoms with Crippen molar-refractivity contribution in [1.82, 2.24) is 0 Å². The van der Waals surface area contributed by atoms with Gasteiger partial charge in [0.25, 0.3) is 0 Å². The summed E-state index contributed by atoms with van der Waals surface area (Å²) in [5, 5.41) is 0. The second kappa shape index (κ2) is 12.8. The summed E-state index contributed by atoms with van der Waals surface area (Å²) in [5.74, 6) is 0. The van der Waals surface area contributed by atoms with Crippen LogP contribution < -0.4 is 0 Å². The van der Waals surface area contributed by atoms with Gasteiger partial charge in [-0.3, -0.25) is 9.98 Å². The Morgan fingerprint density at radius 3 is 1.39 bits per heavy atom. The fourth-order valence-electron chi connectivity index (χ4n) is 3.43. The largest absolute Gasteiger partial charge is 0.377 e. The number of hydrogen-bond acceptors (Lipinski definition) is 5. The average Bonchev–Trinajstić information content (AvgIpc) is 2.85. The van der Waals surface area contributed by atoms with Gasteiger partial charge in [-0.05, 0) is 39.4 Å². The molecule has 33 heavy (non-hydrogen) atoms. The van der Waals surface area contributed by atoms with E-state index >= 15 is 0 Å². The Kier molecular flexibility index (Phi) is 8.94. The topological polar surface area (TPSA) is 52.4 Å². The lowest BCUT2D eigenvalue weighted by atomic mass is 10.1. The van der Waals surface area contributed by atoms with E-state index < -0.39 is 0 Å². The second-order valence-corrected chi connectivity index (χ2v) is 7.96. The minimum Gasteiger partial charge on any atom is -0.377 e. The Morgan fingerprint density at radius 1 is 0.485 bits per heavy atom. The van der Waals surface area contributed by atoms with E-state index in [9.17, 15) is 0 Å². The molecule has 6 bridgehead atoms. The molecule has 0 atom stereocenters. The first-order chi connectivity index (χ1) is 16.3. The molecule has 0 saturated carbocycles. The van der Waals surface area contributed by atoms with Crippen molar-refractivity contribution in [3.63, 3.8) is 0 Å². The fraction of sp³-hybridized carbons (Fsp3) is 0.286. The highest BCUT2D eigenvalue weighted by atomic mass is 16.5. The lowest BCUT2D eigenvalue weighted by molar-refractivity contribution is 0.00704. The fourth-order valence-corrected chi connectivity index (χ4v) is 3.43. The summed E-state index contributed by atoms with van der Waals surface area (Å²) in [5.41, 5.74) is 6.76. The van der Waals surface area contributed by atoms with Crippen molar-refractivity contribution in [2.75, 3.05) is 26.4 Å². The van der Waals surface area contributed by atoms with E-state index in [4.69, 9.17) is 14.2 Å². The summed E-state index contributed by atoms with van der Waals surface area (Å²) in [4.78, 5) is 9.20. The molecule has 4 aliphatic rings. The van der Waals surface area contributed by atoms with Crippen LogP contribution in [0.15, 0.2) is 82.8 Å². The molecule has 0 amide bonds. The van der Waals surface area contributed by atoms with Crippen LogP contribution in [0.4, 0.5) is 0 Å². The van der Waals surface area contributed by atoms with Gasteiger partial charge in [0, 0.05) is 12.4 Å². The second-order valence-electron chi connectivity index (χ2n) is 7.96. The van der Waals surface area contributed by atoms with Gasteiger partial charge < -0.3 is 14.2 Å². The number of nitrogens with zero attached hydrogens (tertiary/aromatic N) is 2. The molecule has 7 rings (SSSR count). The highest BCUT2D eigenvalue weighted by Crippen LogP contribution is 2.09. The minimum atomic E-state index is 0.562. The monoisotopic (exact) mass is 442 g/mol. The van der Waals surface area contributed by atoms with E-state index in [0.717, 1.165) is 22.3 Å². The molecule has 0 aliphatic carbocycles. The Labute approximate surface area is 195 Å². The Hall–Kier alpha value is -3.12. The van der Waals surface area contributed by atoms with Crippen molar-refractivity contribution in [2.24, 2.45) is 9.98 Å². The molecule has 3 aromatic rings. The van der Waals surface area contributed by atoms with Crippen molar-refractivity contribution < 1.29 is 14.2 Å². The predicted octanol–water partition coefficient (Wildman–Crippen LogP) is 4.99. The van der Waals surface area contributed by atoms with Gasteiger partial charge in [0.2, 0.25) is 0 Å². The summed E-state index contributed by atoms with van der Waals surface area (Å²) in [6, 6.07) is 25.0. The first-order valence-electron chi connectivity index (χ1n) is 11.3. The molecule has 4 heterocycles. The SMILES string of the molecule is C1=N/Cc2ccc(cc2)COCCOCCOCc2ccc(cc2)C/N=C/c2cccc/1c2. The molecule has 170 valence electrons. The van der Waals surface area contributed by atoms with Crippen LogP contribution in [0.5, 0.6) is 0 Å². The van der Waals surface area contributed by atoms with E-state index in [2.05, 4.69) is 76.7 Å². The molecule has 0 spiro atoms. The molecular formula is C28H30N2O3. The standard InChI is InChI=1S/C28H30N2O3/c1-2-27-16-28(3-1)20-30-18-24-6-10-26(11-7-24)22-33-15-13-31-12-14-32-21-25-8-4-23(5-9-25)17-29-19-27/h1-11,16,19-20H,12-15,17-18,21-22H2/b29-19+,30-20+. The number of hydrogen-bond donors (Lipinski definition) is 0.